The van der Waals surface area contributed by atoms with Crippen molar-refractivity contribution in [3.05, 3.63) is 60.1 Å². The quantitative estimate of drug-likeness (QED) is 0.791. The highest BCUT2D eigenvalue weighted by atomic mass is 16.3. The third-order valence-corrected chi connectivity index (χ3v) is 6.16. The number of fused-ring (bicyclic) bond motifs is 2. The molecule has 7 heteroatoms. The highest BCUT2D eigenvalue weighted by Gasteiger charge is 2.64. The Morgan fingerprint density at radius 2 is 1.86 bits per heavy atom. The number of amides is 2. The van der Waals surface area contributed by atoms with Crippen LogP contribution in [0.15, 0.2) is 53.3 Å². The highest BCUT2D eigenvalue weighted by Crippen LogP contribution is 2.41. The Morgan fingerprint density at radius 1 is 1.07 bits per heavy atom. The van der Waals surface area contributed by atoms with Crippen LogP contribution in [0.25, 0.3) is 0 Å². The Hall–Kier alpha value is -2.48. The van der Waals surface area contributed by atoms with Crippen molar-refractivity contribution in [3.63, 3.8) is 0 Å². The van der Waals surface area contributed by atoms with E-state index < -0.39 is 17.7 Å². The molecule has 28 heavy (non-hydrogen) atoms. The number of likely N-dealkylation sites (tertiary alicyclic amines) is 1. The van der Waals surface area contributed by atoms with Crippen LogP contribution in [-0.4, -0.2) is 68.9 Å². The van der Waals surface area contributed by atoms with Crippen molar-refractivity contribution in [1.29, 1.82) is 0 Å². The molecule has 3 fully saturated rings. The predicted molar refractivity (Wildman–Crippen MR) is 99.8 cm³/mol. The van der Waals surface area contributed by atoms with Gasteiger partial charge in [0.2, 0.25) is 5.91 Å². The maximum Gasteiger partial charge on any atom is 0.252 e. The van der Waals surface area contributed by atoms with Crippen LogP contribution in [0.3, 0.4) is 0 Å². The van der Waals surface area contributed by atoms with Gasteiger partial charge in [-0.1, -0.05) is 30.3 Å². The number of aliphatic hydroxyl groups excluding tert-OH is 1. The van der Waals surface area contributed by atoms with Crippen molar-refractivity contribution >= 4 is 11.8 Å². The van der Waals surface area contributed by atoms with Crippen molar-refractivity contribution in [1.82, 2.24) is 14.7 Å². The highest BCUT2D eigenvalue weighted by molar-refractivity contribution is 6.06. The summed E-state index contributed by atoms with van der Waals surface area (Å²) in [7, 11) is 0. The van der Waals surface area contributed by atoms with Crippen molar-refractivity contribution < 1.29 is 19.1 Å². The van der Waals surface area contributed by atoms with Crippen LogP contribution < -0.4 is 0 Å². The van der Waals surface area contributed by atoms with E-state index in [2.05, 4.69) is 4.90 Å². The van der Waals surface area contributed by atoms with Gasteiger partial charge in [0.1, 0.15) is 5.54 Å². The van der Waals surface area contributed by atoms with Crippen molar-refractivity contribution in [3.8, 4) is 0 Å². The molecule has 1 spiro atoms. The average molecular weight is 381 g/mol. The summed E-state index contributed by atoms with van der Waals surface area (Å²) in [5, 5.41) is 10.2. The number of hydrogen-bond donors (Lipinski definition) is 1. The number of carbonyl (C=O) groups is 2. The lowest BCUT2D eigenvalue weighted by Crippen LogP contribution is -2.81. The number of aliphatic hydroxyl groups is 1. The lowest BCUT2D eigenvalue weighted by atomic mass is 9.82. The SMILES string of the molecule is O=C1C2CC(O)CN2C2(CN(Cc3ccoc3)C2)C(=O)N1Cc1ccccc1. The average Bonchev–Trinajstić information content (AvgIpc) is 3.31. The zero-order valence-electron chi connectivity index (χ0n) is 15.5. The van der Waals surface area contributed by atoms with Crippen LogP contribution in [0.1, 0.15) is 17.5 Å². The van der Waals surface area contributed by atoms with Crippen molar-refractivity contribution in [2.45, 2.75) is 37.2 Å². The van der Waals surface area contributed by atoms with Gasteiger partial charge in [-0.2, -0.15) is 0 Å². The van der Waals surface area contributed by atoms with Gasteiger partial charge in [-0.3, -0.25) is 24.3 Å². The van der Waals surface area contributed by atoms with Crippen molar-refractivity contribution in [2.75, 3.05) is 19.6 Å². The summed E-state index contributed by atoms with van der Waals surface area (Å²) < 4.78 is 5.13. The van der Waals surface area contributed by atoms with Gasteiger partial charge in [-0.15, -0.1) is 0 Å². The van der Waals surface area contributed by atoms with E-state index in [4.69, 9.17) is 4.42 Å². The number of hydrogen-bond acceptors (Lipinski definition) is 6. The fourth-order valence-electron chi connectivity index (χ4n) is 4.85. The summed E-state index contributed by atoms with van der Waals surface area (Å²) in [6.07, 6.45) is 3.17. The molecule has 3 aliphatic rings. The Balaban J connectivity index is 1.41. The van der Waals surface area contributed by atoms with Gasteiger partial charge in [0.25, 0.3) is 5.91 Å². The molecule has 4 heterocycles. The zero-order valence-corrected chi connectivity index (χ0v) is 15.5. The Kier molecular flexibility index (Phi) is 4.12. The molecule has 1 N–H and O–H groups in total. The van der Waals surface area contributed by atoms with Gasteiger partial charge < -0.3 is 9.52 Å². The zero-order chi connectivity index (χ0) is 19.3. The largest absolute Gasteiger partial charge is 0.472 e. The molecule has 146 valence electrons. The monoisotopic (exact) mass is 381 g/mol. The molecule has 2 aromatic rings. The number of imide groups is 1. The van der Waals surface area contributed by atoms with E-state index in [1.165, 1.54) is 4.90 Å². The molecule has 0 bridgehead atoms. The Labute approximate surface area is 163 Å². The molecule has 0 aliphatic carbocycles. The predicted octanol–water partition coefficient (Wildman–Crippen LogP) is 0.838. The minimum Gasteiger partial charge on any atom is -0.472 e. The Morgan fingerprint density at radius 3 is 2.57 bits per heavy atom. The van der Waals surface area contributed by atoms with Crippen LogP contribution in [0.2, 0.25) is 0 Å². The number of rotatable bonds is 4. The summed E-state index contributed by atoms with van der Waals surface area (Å²) in [5.74, 6) is -0.334. The standard InChI is InChI=1S/C21H23N3O4/c25-17-8-18-19(26)23(10-15-4-2-1-3-5-15)20(27)21(24(18)11-17)13-22(14-21)9-16-6-7-28-12-16/h1-7,12,17-18,25H,8-11,13-14H2. The van der Waals surface area contributed by atoms with Crippen LogP contribution in [0.5, 0.6) is 0 Å². The van der Waals surface area contributed by atoms with E-state index in [0.29, 0.717) is 32.6 Å². The fraction of sp³-hybridized carbons (Fsp3) is 0.429. The molecular formula is C21H23N3O4. The molecule has 3 saturated heterocycles. The second-order valence-electron chi connectivity index (χ2n) is 8.08. The summed E-state index contributed by atoms with van der Waals surface area (Å²) in [4.78, 5) is 32.1. The molecule has 1 aromatic carbocycles. The number of furan rings is 1. The molecular weight excluding hydrogens is 358 g/mol. The summed E-state index contributed by atoms with van der Waals surface area (Å²) >= 11 is 0. The minimum atomic E-state index is -0.728. The van der Waals surface area contributed by atoms with Crippen LogP contribution in [-0.2, 0) is 22.7 Å². The summed E-state index contributed by atoms with van der Waals surface area (Å²) in [6, 6.07) is 11.1. The molecule has 1 aromatic heterocycles. The Bertz CT molecular complexity index is 876. The van der Waals surface area contributed by atoms with Gasteiger partial charge >= 0.3 is 0 Å². The van der Waals surface area contributed by atoms with Gasteiger partial charge in [0.15, 0.2) is 0 Å². The van der Waals surface area contributed by atoms with Gasteiger partial charge in [-0.05, 0) is 18.1 Å². The number of β-amino-alcohol motifs (C(OH)–C–C–N with tert-alkyl or cyclic N) is 1. The maximum absolute atomic E-state index is 13.5. The van der Waals surface area contributed by atoms with E-state index >= 15 is 0 Å². The third kappa shape index (κ3) is 2.70. The lowest BCUT2D eigenvalue weighted by molar-refractivity contribution is -0.181. The normalized spacial score (nSPS) is 27.2. The molecule has 5 rings (SSSR count). The molecule has 7 nitrogen and oxygen atoms in total. The van der Waals surface area contributed by atoms with Crippen LogP contribution in [0, 0.1) is 0 Å². The molecule has 2 unspecified atom stereocenters. The van der Waals surface area contributed by atoms with Crippen LogP contribution >= 0.6 is 0 Å². The first-order valence-corrected chi connectivity index (χ1v) is 9.65. The van der Waals surface area contributed by atoms with Crippen LogP contribution in [0.4, 0.5) is 0 Å². The molecule has 0 radical (unpaired) electrons. The lowest BCUT2D eigenvalue weighted by Gasteiger charge is -2.58. The molecule has 0 saturated carbocycles. The summed E-state index contributed by atoms with van der Waals surface area (Å²) in [6.45, 7) is 2.47. The maximum atomic E-state index is 13.5. The van der Waals surface area contributed by atoms with Gasteiger partial charge in [0, 0.05) is 31.7 Å². The van der Waals surface area contributed by atoms with Gasteiger partial charge in [0.05, 0.1) is 31.2 Å². The number of nitrogens with zero attached hydrogens (tertiary/aromatic N) is 3. The second kappa shape index (κ2) is 6.55. The fourth-order valence-corrected chi connectivity index (χ4v) is 4.85. The first-order valence-electron chi connectivity index (χ1n) is 9.65. The van der Waals surface area contributed by atoms with E-state index in [1.807, 2.05) is 41.3 Å². The smallest absolute Gasteiger partial charge is 0.252 e. The molecule has 2 amide bonds. The molecule has 2 atom stereocenters. The number of benzene rings is 1. The number of carbonyl (C=O) groups excluding carboxylic acids is 2. The van der Waals surface area contributed by atoms with Gasteiger partial charge in [-0.25, -0.2) is 0 Å². The molecule has 3 aliphatic heterocycles. The minimum absolute atomic E-state index is 0.143. The van der Waals surface area contributed by atoms with Crippen molar-refractivity contribution in [2.24, 2.45) is 0 Å². The third-order valence-electron chi connectivity index (χ3n) is 6.16. The van der Waals surface area contributed by atoms with E-state index in [9.17, 15) is 14.7 Å². The first-order chi connectivity index (χ1) is 13.6. The first kappa shape index (κ1) is 17.6. The number of piperazine rings is 1. The van der Waals surface area contributed by atoms with E-state index in [1.54, 1.807) is 12.5 Å². The van der Waals surface area contributed by atoms with E-state index in [-0.39, 0.29) is 18.4 Å². The topological polar surface area (TPSA) is 77.2 Å². The van der Waals surface area contributed by atoms with E-state index in [0.717, 1.165) is 11.1 Å². The summed E-state index contributed by atoms with van der Waals surface area (Å²) in [5.41, 5.74) is 1.27. The second-order valence-corrected chi connectivity index (χ2v) is 8.08.